The van der Waals surface area contributed by atoms with E-state index in [0.29, 0.717) is 10.0 Å². The van der Waals surface area contributed by atoms with Crippen LogP contribution in [0.15, 0.2) is 46.9 Å². The van der Waals surface area contributed by atoms with Crippen LogP contribution in [0, 0.1) is 12.7 Å². The number of carbonyl (C=O) groups excluding carboxylic acids is 1. The highest BCUT2D eigenvalue weighted by Crippen LogP contribution is 2.16. The number of hydrogen-bond acceptors (Lipinski definition) is 2. The van der Waals surface area contributed by atoms with E-state index in [2.05, 4.69) is 21.2 Å². The maximum atomic E-state index is 13.6. The lowest BCUT2D eigenvalue weighted by Crippen LogP contribution is -2.18. The molecule has 0 bridgehead atoms. The molecule has 2 rings (SSSR count). The molecule has 0 aliphatic heterocycles. The summed E-state index contributed by atoms with van der Waals surface area (Å²) in [4.78, 5) is 11.7. The third-order valence-electron chi connectivity index (χ3n) is 2.81. The maximum absolute atomic E-state index is 13.6. The number of anilines is 1. The highest BCUT2D eigenvalue weighted by atomic mass is 79.9. The molecule has 0 heterocycles. The van der Waals surface area contributed by atoms with E-state index in [0.717, 1.165) is 11.3 Å². The van der Waals surface area contributed by atoms with Gasteiger partial charge in [0.2, 0.25) is 5.91 Å². The molecular weight excluding hydrogens is 337 g/mol. The van der Waals surface area contributed by atoms with Crippen LogP contribution < -0.4 is 5.32 Å². The molecule has 0 atom stereocenters. The van der Waals surface area contributed by atoms with E-state index in [1.807, 2.05) is 25.1 Å². The minimum absolute atomic E-state index is 0.0559. The monoisotopic (exact) mass is 351 g/mol. The summed E-state index contributed by atoms with van der Waals surface area (Å²) in [6, 6.07) is 12.2. The summed E-state index contributed by atoms with van der Waals surface area (Å²) in [6.07, 6.45) is 0. The van der Waals surface area contributed by atoms with Crippen LogP contribution in [0.4, 0.5) is 10.1 Å². The Kier molecular flexibility index (Phi) is 5.47. The van der Waals surface area contributed by atoms with Gasteiger partial charge in [-0.2, -0.15) is 0 Å². The zero-order valence-electron chi connectivity index (χ0n) is 11.5. The molecule has 2 aromatic carbocycles. The largest absolute Gasteiger partial charge is 0.367 e. The Balaban J connectivity index is 1.81. The fourth-order valence-electron chi connectivity index (χ4n) is 1.81. The second kappa shape index (κ2) is 7.33. The Morgan fingerprint density at radius 3 is 2.81 bits per heavy atom. The van der Waals surface area contributed by atoms with Crippen molar-refractivity contribution in [3.63, 3.8) is 0 Å². The van der Waals surface area contributed by atoms with E-state index in [1.165, 1.54) is 6.07 Å². The average Bonchev–Trinajstić information content (AvgIpc) is 2.41. The first kappa shape index (κ1) is 15.7. The van der Waals surface area contributed by atoms with Gasteiger partial charge < -0.3 is 10.1 Å². The number of nitrogens with one attached hydrogen (secondary N) is 1. The Bertz CT molecular complexity index is 646. The van der Waals surface area contributed by atoms with Crippen LogP contribution in [0.3, 0.4) is 0 Å². The quantitative estimate of drug-likeness (QED) is 0.882. The zero-order chi connectivity index (χ0) is 15.2. The first-order valence-corrected chi connectivity index (χ1v) is 7.22. The molecule has 0 radical (unpaired) electrons. The van der Waals surface area contributed by atoms with Crippen LogP contribution in [0.25, 0.3) is 0 Å². The highest BCUT2D eigenvalue weighted by Gasteiger charge is 2.06. The molecule has 5 heteroatoms. The summed E-state index contributed by atoms with van der Waals surface area (Å²) in [7, 11) is 0. The average molecular weight is 352 g/mol. The molecule has 3 nitrogen and oxygen atoms in total. The van der Waals surface area contributed by atoms with Crippen molar-refractivity contribution in [2.45, 2.75) is 13.5 Å². The topological polar surface area (TPSA) is 38.3 Å². The number of rotatable bonds is 5. The van der Waals surface area contributed by atoms with Crippen LogP contribution in [0.2, 0.25) is 0 Å². The van der Waals surface area contributed by atoms with Gasteiger partial charge in [0, 0.05) is 15.7 Å². The lowest BCUT2D eigenvalue weighted by atomic mass is 10.2. The van der Waals surface area contributed by atoms with Gasteiger partial charge in [-0.1, -0.05) is 34.1 Å². The van der Waals surface area contributed by atoms with Crippen molar-refractivity contribution in [2.24, 2.45) is 0 Å². The molecule has 0 aliphatic carbocycles. The smallest absolute Gasteiger partial charge is 0.250 e. The SMILES string of the molecule is Cc1cccc(NC(=O)COCc2ccc(Br)cc2F)c1. The lowest BCUT2D eigenvalue weighted by molar-refractivity contribution is -0.121. The van der Waals surface area contributed by atoms with Crippen molar-refractivity contribution < 1.29 is 13.9 Å². The molecule has 0 fully saturated rings. The molecule has 21 heavy (non-hydrogen) atoms. The summed E-state index contributed by atoms with van der Waals surface area (Å²) in [5.74, 6) is -0.624. The van der Waals surface area contributed by atoms with Crippen molar-refractivity contribution in [3.05, 3.63) is 63.9 Å². The summed E-state index contributed by atoms with van der Waals surface area (Å²) >= 11 is 3.19. The van der Waals surface area contributed by atoms with E-state index < -0.39 is 0 Å². The first-order chi connectivity index (χ1) is 10.0. The Morgan fingerprint density at radius 2 is 2.10 bits per heavy atom. The molecule has 0 unspecified atom stereocenters. The van der Waals surface area contributed by atoms with E-state index in [4.69, 9.17) is 4.74 Å². The van der Waals surface area contributed by atoms with Crippen LogP contribution in [0.1, 0.15) is 11.1 Å². The zero-order valence-corrected chi connectivity index (χ0v) is 13.1. The summed E-state index contributed by atoms with van der Waals surface area (Å²) in [5, 5.41) is 2.73. The molecule has 2 aromatic rings. The lowest BCUT2D eigenvalue weighted by Gasteiger charge is -2.08. The van der Waals surface area contributed by atoms with Crippen LogP contribution in [-0.4, -0.2) is 12.5 Å². The summed E-state index contributed by atoms with van der Waals surface area (Å²) in [5.41, 5.74) is 2.20. The number of halogens is 2. The van der Waals surface area contributed by atoms with Gasteiger partial charge >= 0.3 is 0 Å². The van der Waals surface area contributed by atoms with Crippen LogP contribution in [-0.2, 0) is 16.1 Å². The summed E-state index contributed by atoms with van der Waals surface area (Å²) in [6.45, 7) is 1.88. The van der Waals surface area contributed by atoms with Crippen LogP contribution >= 0.6 is 15.9 Å². The molecule has 1 amide bonds. The van der Waals surface area contributed by atoms with Crippen molar-refractivity contribution in [3.8, 4) is 0 Å². The number of aryl methyl sites for hydroxylation is 1. The van der Waals surface area contributed by atoms with Gasteiger partial charge in [0.05, 0.1) is 6.61 Å². The maximum Gasteiger partial charge on any atom is 0.250 e. The molecule has 110 valence electrons. The number of amides is 1. The third-order valence-corrected chi connectivity index (χ3v) is 3.30. The van der Waals surface area contributed by atoms with E-state index in [9.17, 15) is 9.18 Å². The van der Waals surface area contributed by atoms with Gasteiger partial charge in [-0.25, -0.2) is 4.39 Å². The Hall–Kier alpha value is -1.72. The predicted octanol–water partition coefficient (Wildman–Crippen LogP) is 4.05. The van der Waals surface area contributed by atoms with Crippen molar-refractivity contribution in [2.75, 3.05) is 11.9 Å². The van der Waals surface area contributed by atoms with Gasteiger partial charge in [-0.05, 0) is 36.8 Å². The second-order valence-electron chi connectivity index (χ2n) is 4.65. The fraction of sp³-hybridized carbons (Fsp3) is 0.188. The fourth-order valence-corrected chi connectivity index (χ4v) is 2.15. The van der Waals surface area contributed by atoms with E-state index in [1.54, 1.807) is 18.2 Å². The second-order valence-corrected chi connectivity index (χ2v) is 5.56. The molecule has 0 spiro atoms. The predicted molar refractivity (Wildman–Crippen MR) is 83.6 cm³/mol. The number of ether oxygens (including phenoxy) is 1. The van der Waals surface area contributed by atoms with Crippen molar-refractivity contribution >= 4 is 27.5 Å². The summed E-state index contributed by atoms with van der Waals surface area (Å²) < 4.78 is 19.5. The standard InChI is InChI=1S/C16H15BrFNO2/c1-11-3-2-4-14(7-11)19-16(20)10-21-9-12-5-6-13(17)8-15(12)18/h2-8H,9-10H2,1H3,(H,19,20). The van der Waals surface area contributed by atoms with Crippen molar-refractivity contribution in [1.29, 1.82) is 0 Å². The third kappa shape index (κ3) is 4.95. The van der Waals surface area contributed by atoms with E-state index >= 15 is 0 Å². The normalized spacial score (nSPS) is 10.4. The van der Waals surface area contributed by atoms with Gasteiger partial charge in [-0.3, -0.25) is 4.79 Å². The molecule has 1 N–H and O–H groups in total. The minimum atomic E-state index is -0.358. The Labute approximate surface area is 131 Å². The first-order valence-electron chi connectivity index (χ1n) is 6.43. The van der Waals surface area contributed by atoms with E-state index in [-0.39, 0.29) is 24.9 Å². The van der Waals surface area contributed by atoms with Gasteiger partial charge in [0.25, 0.3) is 0 Å². The van der Waals surface area contributed by atoms with Crippen LogP contribution in [0.5, 0.6) is 0 Å². The van der Waals surface area contributed by atoms with Gasteiger partial charge in [0.1, 0.15) is 12.4 Å². The molecular formula is C16H15BrFNO2. The Morgan fingerprint density at radius 1 is 1.29 bits per heavy atom. The molecule has 0 saturated heterocycles. The highest BCUT2D eigenvalue weighted by molar-refractivity contribution is 9.10. The number of hydrogen-bond donors (Lipinski definition) is 1. The van der Waals surface area contributed by atoms with Gasteiger partial charge in [-0.15, -0.1) is 0 Å². The molecule has 0 saturated carbocycles. The van der Waals surface area contributed by atoms with Gasteiger partial charge in [0.15, 0.2) is 0 Å². The number of carbonyl (C=O) groups is 1. The molecule has 0 aromatic heterocycles. The minimum Gasteiger partial charge on any atom is -0.367 e. The number of benzene rings is 2. The van der Waals surface area contributed by atoms with Crippen molar-refractivity contribution in [1.82, 2.24) is 0 Å². The molecule has 0 aliphatic rings.